The molecule has 0 saturated heterocycles. The molecular formula is C30H28N6O. The van der Waals surface area contributed by atoms with Crippen LogP contribution in [0.5, 0.6) is 0 Å². The van der Waals surface area contributed by atoms with Gasteiger partial charge in [-0.1, -0.05) is 6.92 Å². The molecule has 37 heavy (non-hydrogen) atoms. The Kier molecular flexibility index (Phi) is 7.91. The minimum atomic E-state index is -0.197. The smallest absolute Gasteiger partial charge is 0.255 e. The minimum Gasteiger partial charge on any atom is -0.392 e. The van der Waals surface area contributed by atoms with Crippen LogP contribution in [0.25, 0.3) is 10.9 Å². The number of nitrogens with zero attached hydrogens (tertiary/aromatic N) is 3. The van der Waals surface area contributed by atoms with Crippen LogP contribution >= 0.6 is 0 Å². The zero-order valence-electron chi connectivity index (χ0n) is 21.0. The van der Waals surface area contributed by atoms with Crippen molar-refractivity contribution in [1.29, 1.82) is 5.26 Å². The molecule has 0 saturated carbocycles. The highest BCUT2D eigenvalue weighted by molar-refractivity contribution is 6.04. The van der Waals surface area contributed by atoms with Gasteiger partial charge in [-0.25, -0.2) is 0 Å². The number of hydrogen-bond donors (Lipinski definition) is 3. The summed E-state index contributed by atoms with van der Waals surface area (Å²) in [4.78, 5) is 21.8. The van der Waals surface area contributed by atoms with E-state index in [0.29, 0.717) is 16.8 Å². The van der Waals surface area contributed by atoms with E-state index in [0.717, 1.165) is 45.8 Å². The van der Waals surface area contributed by atoms with Gasteiger partial charge < -0.3 is 16.0 Å². The van der Waals surface area contributed by atoms with Gasteiger partial charge in [-0.05, 0) is 92.2 Å². The number of anilines is 3. The van der Waals surface area contributed by atoms with Crippen LogP contribution in [-0.4, -0.2) is 23.7 Å². The summed E-state index contributed by atoms with van der Waals surface area (Å²) in [7, 11) is 1.88. The Morgan fingerprint density at radius 3 is 2.43 bits per heavy atom. The molecule has 0 aliphatic carbocycles. The van der Waals surface area contributed by atoms with E-state index in [1.165, 1.54) is 0 Å². The Hall–Kier alpha value is -4.96. The average Bonchev–Trinajstić information content (AvgIpc) is 2.93. The van der Waals surface area contributed by atoms with Crippen LogP contribution in [0.1, 0.15) is 36.2 Å². The SMILES string of the molecule is CCC(/C=C(/C)NC)=Nc1ccc(NC(=O)c2ccc(Nc3ccnc4ccc(C#N)cc34)cc2)cc1. The lowest BCUT2D eigenvalue weighted by Gasteiger charge is -2.11. The molecule has 1 aromatic heterocycles. The number of amides is 1. The first-order valence-corrected chi connectivity index (χ1v) is 12.0. The zero-order chi connectivity index (χ0) is 26.2. The van der Waals surface area contributed by atoms with Crippen molar-refractivity contribution in [2.45, 2.75) is 20.3 Å². The topological polar surface area (TPSA) is 102 Å². The maximum absolute atomic E-state index is 12.8. The summed E-state index contributed by atoms with van der Waals surface area (Å²) in [5, 5.41) is 19.5. The van der Waals surface area contributed by atoms with Crippen molar-refractivity contribution in [3.8, 4) is 6.07 Å². The van der Waals surface area contributed by atoms with Gasteiger partial charge >= 0.3 is 0 Å². The Labute approximate surface area is 216 Å². The minimum absolute atomic E-state index is 0.197. The van der Waals surface area contributed by atoms with Crippen molar-refractivity contribution in [2.24, 2.45) is 4.99 Å². The highest BCUT2D eigenvalue weighted by Gasteiger charge is 2.08. The molecule has 0 radical (unpaired) electrons. The fraction of sp³-hybridized carbons (Fsp3) is 0.133. The number of aliphatic imine (C=N–C) groups is 1. The van der Waals surface area contributed by atoms with Crippen molar-refractivity contribution < 1.29 is 4.79 Å². The Balaban J connectivity index is 1.43. The van der Waals surface area contributed by atoms with Crippen molar-refractivity contribution in [2.75, 3.05) is 17.7 Å². The molecule has 7 heteroatoms. The molecule has 0 fully saturated rings. The molecular weight excluding hydrogens is 460 g/mol. The van der Waals surface area contributed by atoms with Crippen LogP contribution in [0.3, 0.4) is 0 Å². The second-order valence-electron chi connectivity index (χ2n) is 8.44. The zero-order valence-corrected chi connectivity index (χ0v) is 21.0. The third-order valence-electron chi connectivity index (χ3n) is 5.83. The molecule has 1 amide bonds. The Bertz CT molecular complexity index is 1510. The van der Waals surface area contributed by atoms with Gasteiger partial charge in [0.15, 0.2) is 0 Å². The number of fused-ring (bicyclic) bond motifs is 1. The van der Waals surface area contributed by atoms with Gasteiger partial charge in [0.25, 0.3) is 5.91 Å². The standard InChI is InChI=1S/C30H28N6O/c1-4-23(17-20(2)32-3)34-24-10-12-26(13-11-24)36-30(37)22-6-8-25(9-7-22)35-29-15-16-33-28-14-5-21(19-31)18-27(28)29/h5-18,32H,4H2,1-3H3,(H,33,35)(H,36,37)/b20-17-,34-23?. The lowest BCUT2D eigenvalue weighted by Crippen LogP contribution is -2.11. The molecule has 3 N–H and O–H groups in total. The molecule has 3 aromatic carbocycles. The number of nitrogens with one attached hydrogen (secondary N) is 3. The second kappa shape index (κ2) is 11.6. The summed E-state index contributed by atoms with van der Waals surface area (Å²) in [5.74, 6) is -0.197. The van der Waals surface area contributed by atoms with Gasteiger partial charge in [-0.15, -0.1) is 0 Å². The van der Waals surface area contributed by atoms with Gasteiger partial charge in [-0.3, -0.25) is 14.8 Å². The van der Waals surface area contributed by atoms with Crippen molar-refractivity contribution >= 4 is 45.3 Å². The number of benzene rings is 3. The van der Waals surface area contributed by atoms with Gasteiger partial charge in [-0.2, -0.15) is 5.26 Å². The molecule has 0 bridgehead atoms. The van der Waals surface area contributed by atoms with Gasteiger partial charge in [0.2, 0.25) is 0 Å². The molecule has 7 nitrogen and oxygen atoms in total. The fourth-order valence-electron chi connectivity index (χ4n) is 3.71. The number of rotatable bonds is 8. The fourth-order valence-corrected chi connectivity index (χ4v) is 3.71. The maximum Gasteiger partial charge on any atom is 0.255 e. The third-order valence-corrected chi connectivity index (χ3v) is 5.83. The number of aromatic nitrogens is 1. The molecule has 4 rings (SSSR count). The van der Waals surface area contributed by atoms with E-state index in [-0.39, 0.29) is 5.91 Å². The normalized spacial score (nSPS) is 11.6. The molecule has 0 atom stereocenters. The average molecular weight is 489 g/mol. The van der Waals surface area contributed by atoms with E-state index < -0.39 is 0 Å². The van der Waals surface area contributed by atoms with Crippen LogP contribution in [0.15, 0.2) is 95.8 Å². The number of hydrogen-bond acceptors (Lipinski definition) is 6. The van der Waals surface area contributed by atoms with Crippen LogP contribution in [0, 0.1) is 11.3 Å². The molecule has 0 aliphatic rings. The summed E-state index contributed by atoms with van der Waals surface area (Å²) < 4.78 is 0. The van der Waals surface area contributed by atoms with Crippen molar-refractivity contribution in [1.82, 2.24) is 10.3 Å². The summed E-state index contributed by atoms with van der Waals surface area (Å²) in [6.45, 7) is 4.07. The molecule has 184 valence electrons. The predicted molar refractivity (Wildman–Crippen MR) is 151 cm³/mol. The molecule has 0 spiro atoms. The number of carbonyl (C=O) groups is 1. The van der Waals surface area contributed by atoms with E-state index in [1.807, 2.05) is 74.6 Å². The Morgan fingerprint density at radius 2 is 1.76 bits per heavy atom. The van der Waals surface area contributed by atoms with E-state index in [9.17, 15) is 10.1 Å². The molecule has 1 heterocycles. The van der Waals surface area contributed by atoms with Crippen LogP contribution in [0.2, 0.25) is 0 Å². The highest BCUT2D eigenvalue weighted by Crippen LogP contribution is 2.26. The summed E-state index contributed by atoms with van der Waals surface area (Å²) in [5.41, 5.74) is 7.12. The van der Waals surface area contributed by atoms with Gasteiger partial charge in [0, 0.05) is 52.7 Å². The summed E-state index contributed by atoms with van der Waals surface area (Å²) in [6, 6.07) is 24.1. The Morgan fingerprint density at radius 1 is 1.03 bits per heavy atom. The predicted octanol–water partition coefficient (Wildman–Crippen LogP) is 6.71. The van der Waals surface area contributed by atoms with Crippen LogP contribution in [0.4, 0.5) is 22.7 Å². The molecule has 0 unspecified atom stereocenters. The van der Waals surface area contributed by atoms with Crippen LogP contribution in [-0.2, 0) is 0 Å². The first-order valence-electron chi connectivity index (χ1n) is 12.0. The summed E-state index contributed by atoms with van der Waals surface area (Å²) >= 11 is 0. The maximum atomic E-state index is 12.8. The number of allylic oxidation sites excluding steroid dienone is 2. The van der Waals surface area contributed by atoms with Gasteiger partial charge in [0.05, 0.1) is 22.8 Å². The van der Waals surface area contributed by atoms with Crippen molar-refractivity contribution in [3.63, 3.8) is 0 Å². The lowest BCUT2D eigenvalue weighted by molar-refractivity contribution is 0.102. The van der Waals surface area contributed by atoms with E-state index in [2.05, 4.69) is 38.9 Å². The molecule has 0 aliphatic heterocycles. The van der Waals surface area contributed by atoms with E-state index in [1.54, 1.807) is 24.4 Å². The van der Waals surface area contributed by atoms with Crippen LogP contribution < -0.4 is 16.0 Å². The molecule has 4 aromatic rings. The quantitative estimate of drug-likeness (QED) is 0.239. The number of nitriles is 1. The van der Waals surface area contributed by atoms with Gasteiger partial charge in [0.1, 0.15) is 0 Å². The third kappa shape index (κ3) is 6.38. The largest absolute Gasteiger partial charge is 0.392 e. The number of pyridine rings is 1. The van der Waals surface area contributed by atoms with E-state index in [4.69, 9.17) is 0 Å². The van der Waals surface area contributed by atoms with E-state index >= 15 is 0 Å². The van der Waals surface area contributed by atoms with Crippen molar-refractivity contribution in [3.05, 3.63) is 102 Å². The highest BCUT2D eigenvalue weighted by atomic mass is 16.1. The first kappa shape index (κ1) is 25.1. The first-order chi connectivity index (χ1) is 18.0. The summed E-state index contributed by atoms with van der Waals surface area (Å²) in [6.07, 6.45) is 4.56. The number of carbonyl (C=O) groups excluding carboxylic acids is 1. The lowest BCUT2D eigenvalue weighted by atomic mass is 10.1. The monoisotopic (exact) mass is 488 g/mol. The second-order valence-corrected chi connectivity index (χ2v) is 8.44.